The number of guanidine groups is 1. The molecule has 2 saturated carbocycles. The number of halogens is 1. The van der Waals surface area contributed by atoms with Crippen LogP contribution in [0.4, 0.5) is 0 Å². The lowest BCUT2D eigenvalue weighted by Gasteiger charge is -2.33. The topological polar surface area (TPSA) is 77.0 Å². The minimum absolute atomic E-state index is 0. The Morgan fingerprint density at radius 1 is 0.786 bits per heavy atom. The SMILES string of the molecule is CN=C(NCC1(C(=O)N(C)C)CCCC1)NCC1(C(=O)N(C)C)CCCC1.I. The highest BCUT2D eigenvalue weighted by Gasteiger charge is 2.43. The molecule has 28 heavy (non-hydrogen) atoms. The Kier molecular flexibility index (Phi) is 9.49. The zero-order valence-electron chi connectivity index (χ0n) is 18.1. The average Bonchev–Trinajstić information content (AvgIpc) is 3.31. The molecule has 0 radical (unpaired) electrons. The predicted molar refractivity (Wildman–Crippen MR) is 124 cm³/mol. The monoisotopic (exact) mass is 507 g/mol. The van der Waals surface area contributed by atoms with Crippen LogP contribution in [-0.2, 0) is 9.59 Å². The van der Waals surface area contributed by atoms with E-state index in [0.29, 0.717) is 19.0 Å². The molecule has 0 saturated heterocycles. The van der Waals surface area contributed by atoms with Gasteiger partial charge in [0.05, 0.1) is 10.8 Å². The molecule has 0 bridgehead atoms. The second kappa shape index (κ2) is 10.6. The normalized spacial score (nSPS) is 19.3. The van der Waals surface area contributed by atoms with Crippen molar-refractivity contribution in [2.45, 2.75) is 51.4 Å². The van der Waals surface area contributed by atoms with Gasteiger partial charge in [-0.05, 0) is 25.7 Å². The zero-order chi connectivity index (χ0) is 20.1. The molecule has 2 N–H and O–H groups in total. The second-order valence-electron chi connectivity index (χ2n) is 8.65. The number of aliphatic imine (C=N–C) groups is 1. The summed E-state index contributed by atoms with van der Waals surface area (Å²) in [6, 6.07) is 0. The van der Waals surface area contributed by atoms with E-state index in [1.54, 1.807) is 16.8 Å². The summed E-state index contributed by atoms with van der Waals surface area (Å²) in [4.78, 5) is 33.2. The van der Waals surface area contributed by atoms with E-state index in [2.05, 4.69) is 15.6 Å². The van der Waals surface area contributed by atoms with Crippen LogP contribution in [-0.4, -0.2) is 75.9 Å². The highest BCUT2D eigenvalue weighted by Crippen LogP contribution is 2.40. The van der Waals surface area contributed by atoms with Gasteiger partial charge in [0.1, 0.15) is 0 Å². The van der Waals surface area contributed by atoms with Crippen molar-refractivity contribution >= 4 is 41.8 Å². The third-order valence-corrected chi connectivity index (χ3v) is 6.25. The smallest absolute Gasteiger partial charge is 0.230 e. The first-order valence-corrected chi connectivity index (χ1v) is 10.1. The van der Waals surface area contributed by atoms with Crippen LogP contribution in [0, 0.1) is 10.8 Å². The standard InChI is InChI=1S/C20H37N5O2.HI/c1-21-18(22-14-19(10-6-7-11-19)16(26)24(2)3)23-15-20(12-8-9-13-20)17(27)25(4)5;/h6-15H2,1-5H3,(H2,21,22,23);1H. The Morgan fingerprint density at radius 3 is 1.36 bits per heavy atom. The molecule has 0 heterocycles. The Morgan fingerprint density at radius 2 is 1.11 bits per heavy atom. The largest absolute Gasteiger partial charge is 0.355 e. The predicted octanol–water partition coefficient (Wildman–Crippen LogP) is 2.07. The van der Waals surface area contributed by atoms with Crippen LogP contribution in [0.5, 0.6) is 0 Å². The fourth-order valence-corrected chi connectivity index (χ4v) is 4.71. The number of carbonyl (C=O) groups is 2. The van der Waals surface area contributed by atoms with Gasteiger partial charge < -0.3 is 20.4 Å². The molecule has 8 heteroatoms. The molecular weight excluding hydrogens is 469 g/mol. The van der Waals surface area contributed by atoms with Crippen LogP contribution in [0.25, 0.3) is 0 Å². The molecule has 2 aliphatic carbocycles. The minimum atomic E-state index is -0.342. The average molecular weight is 507 g/mol. The Labute approximate surface area is 187 Å². The third kappa shape index (κ3) is 5.51. The minimum Gasteiger partial charge on any atom is -0.355 e. The van der Waals surface area contributed by atoms with Gasteiger partial charge in [-0.15, -0.1) is 24.0 Å². The van der Waals surface area contributed by atoms with E-state index < -0.39 is 0 Å². The summed E-state index contributed by atoms with van der Waals surface area (Å²) in [6.45, 7) is 1.16. The number of carbonyl (C=O) groups excluding carboxylic acids is 2. The molecule has 2 amide bonds. The Hall–Kier alpha value is -1.06. The van der Waals surface area contributed by atoms with Gasteiger partial charge in [-0.2, -0.15) is 0 Å². The summed E-state index contributed by atoms with van der Waals surface area (Å²) in [5.74, 6) is 1.06. The molecule has 0 aromatic carbocycles. The number of nitrogens with zero attached hydrogens (tertiary/aromatic N) is 3. The summed E-state index contributed by atoms with van der Waals surface area (Å²) in [5.41, 5.74) is -0.683. The van der Waals surface area contributed by atoms with E-state index in [-0.39, 0.29) is 46.6 Å². The molecule has 0 atom stereocenters. The molecule has 2 fully saturated rings. The van der Waals surface area contributed by atoms with Gasteiger partial charge in [0.15, 0.2) is 5.96 Å². The van der Waals surface area contributed by atoms with E-state index in [9.17, 15) is 9.59 Å². The molecule has 162 valence electrons. The lowest BCUT2D eigenvalue weighted by molar-refractivity contribution is -0.139. The lowest BCUT2D eigenvalue weighted by Crippen LogP contribution is -2.52. The molecular formula is C20H38IN5O2. The number of nitrogens with one attached hydrogen (secondary N) is 2. The summed E-state index contributed by atoms with van der Waals surface area (Å²) in [5, 5.41) is 6.73. The maximum atomic E-state index is 12.7. The lowest BCUT2D eigenvalue weighted by atomic mass is 9.84. The quantitative estimate of drug-likeness (QED) is 0.328. The Bertz CT molecular complexity index is 519. The molecule has 0 aliphatic heterocycles. The Balaban J connectivity index is 0.00000392. The third-order valence-electron chi connectivity index (χ3n) is 6.25. The molecule has 7 nitrogen and oxygen atoms in total. The van der Waals surface area contributed by atoms with Gasteiger partial charge in [-0.25, -0.2) is 0 Å². The van der Waals surface area contributed by atoms with Crippen LogP contribution in [0.2, 0.25) is 0 Å². The van der Waals surface area contributed by atoms with Crippen LogP contribution in [0.15, 0.2) is 4.99 Å². The van der Waals surface area contributed by atoms with E-state index in [4.69, 9.17) is 0 Å². The number of hydrogen-bond donors (Lipinski definition) is 2. The fourth-order valence-electron chi connectivity index (χ4n) is 4.71. The van der Waals surface area contributed by atoms with Crippen LogP contribution >= 0.6 is 24.0 Å². The molecule has 0 aromatic rings. The van der Waals surface area contributed by atoms with E-state index in [0.717, 1.165) is 51.4 Å². The van der Waals surface area contributed by atoms with E-state index in [1.165, 1.54) is 0 Å². The van der Waals surface area contributed by atoms with Crippen molar-refractivity contribution in [3.05, 3.63) is 0 Å². The van der Waals surface area contributed by atoms with Crippen molar-refractivity contribution < 1.29 is 9.59 Å². The van der Waals surface area contributed by atoms with Gasteiger partial charge >= 0.3 is 0 Å². The van der Waals surface area contributed by atoms with Gasteiger partial charge in [0, 0.05) is 48.3 Å². The number of hydrogen-bond acceptors (Lipinski definition) is 3. The molecule has 0 spiro atoms. The van der Waals surface area contributed by atoms with Gasteiger partial charge in [0.25, 0.3) is 0 Å². The van der Waals surface area contributed by atoms with Crippen molar-refractivity contribution in [2.24, 2.45) is 15.8 Å². The highest BCUT2D eigenvalue weighted by atomic mass is 127. The van der Waals surface area contributed by atoms with Gasteiger partial charge in [-0.3, -0.25) is 14.6 Å². The van der Waals surface area contributed by atoms with Gasteiger partial charge in [-0.1, -0.05) is 25.7 Å². The van der Waals surface area contributed by atoms with Crippen molar-refractivity contribution in [2.75, 3.05) is 48.3 Å². The fraction of sp³-hybridized carbons (Fsp3) is 0.850. The highest BCUT2D eigenvalue weighted by molar-refractivity contribution is 14.0. The van der Waals surface area contributed by atoms with Crippen LogP contribution in [0.3, 0.4) is 0 Å². The number of amides is 2. The summed E-state index contributed by atoms with van der Waals surface area (Å²) in [7, 11) is 9.04. The maximum Gasteiger partial charge on any atom is 0.230 e. The molecule has 0 unspecified atom stereocenters. The van der Waals surface area contributed by atoms with Crippen LogP contribution in [0.1, 0.15) is 51.4 Å². The zero-order valence-corrected chi connectivity index (χ0v) is 20.5. The number of rotatable bonds is 6. The van der Waals surface area contributed by atoms with Crippen LogP contribution < -0.4 is 10.6 Å². The van der Waals surface area contributed by atoms with Crippen molar-refractivity contribution in [3.8, 4) is 0 Å². The molecule has 2 rings (SSSR count). The summed E-state index contributed by atoms with van der Waals surface area (Å²) in [6.07, 6.45) is 8.02. The summed E-state index contributed by atoms with van der Waals surface area (Å²) < 4.78 is 0. The van der Waals surface area contributed by atoms with Gasteiger partial charge in [0.2, 0.25) is 11.8 Å². The first kappa shape index (κ1) is 25.0. The molecule has 2 aliphatic rings. The van der Waals surface area contributed by atoms with E-state index >= 15 is 0 Å². The first-order valence-electron chi connectivity index (χ1n) is 10.1. The van der Waals surface area contributed by atoms with E-state index in [1.807, 2.05) is 28.2 Å². The van der Waals surface area contributed by atoms with Crippen molar-refractivity contribution in [1.82, 2.24) is 20.4 Å². The summed E-state index contributed by atoms with van der Waals surface area (Å²) >= 11 is 0. The van der Waals surface area contributed by atoms with Crippen molar-refractivity contribution in [3.63, 3.8) is 0 Å². The molecule has 0 aromatic heterocycles. The maximum absolute atomic E-state index is 12.7. The first-order chi connectivity index (χ1) is 12.8. The second-order valence-corrected chi connectivity index (χ2v) is 8.65. The van der Waals surface area contributed by atoms with Crippen molar-refractivity contribution in [1.29, 1.82) is 0 Å².